The third-order valence-corrected chi connectivity index (χ3v) is 3.98. The van der Waals surface area contributed by atoms with Crippen LogP contribution in [0.5, 0.6) is 0 Å². The van der Waals surface area contributed by atoms with Gasteiger partial charge in [0.15, 0.2) is 0 Å². The number of benzene rings is 1. The lowest BCUT2D eigenvalue weighted by Crippen LogP contribution is -2.32. The first-order chi connectivity index (χ1) is 9.81. The van der Waals surface area contributed by atoms with Crippen LogP contribution >= 0.6 is 0 Å². The molecular formula is C15H21N5. The molecule has 1 aliphatic heterocycles. The van der Waals surface area contributed by atoms with Crippen LogP contribution in [0, 0.1) is 5.92 Å². The maximum Gasteiger partial charge on any atom is 0.138 e. The van der Waals surface area contributed by atoms with Crippen LogP contribution in [0.25, 0.3) is 5.69 Å². The SMILES string of the molecule is CN1CCC(CNc2ccc(-n3cncn3)cc2)CC1. The van der Waals surface area contributed by atoms with Crippen molar-refractivity contribution in [1.82, 2.24) is 19.7 Å². The van der Waals surface area contributed by atoms with Gasteiger partial charge in [0.2, 0.25) is 0 Å². The highest BCUT2D eigenvalue weighted by Crippen LogP contribution is 2.18. The van der Waals surface area contributed by atoms with Crippen LogP contribution in [-0.2, 0) is 0 Å². The number of rotatable bonds is 4. The number of nitrogens with one attached hydrogen (secondary N) is 1. The van der Waals surface area contributed by atoms with Gasteiger partial charge in [-0.15, -0.1) is 0 Å². The molecule has 0 aliphatic carbocycles. The first-order valence-electron chi connectivity index (χ1n) is 7.19. The second-order valence-corrected chi connectivity index (χ2v) is 5.51. The first-order valence-corrected chi connectivity index (χ1v) is 7.19. The molecule has 1 aromatic heterocycles. The van der Waals surface area contributed by atoms with E-state index in [9.17, 15) is 0 Å². The zero-order valence-electron chi connectivity index (χ0n) is 11.9. The Morgan fingerprint density at radius 3 is 2.60 bits per heavy atom. The van der Waals surface area contributed by atoms with Crippen LogP contribution in [0.3, 0.4) is 0 Å². The molecule has 0 radical (unpaired) electrons. The number of aromatic nitrogens is 3. The summed E-state index contributed by atoms with van der Waals surface area (Å²) in [6.07, 6.45) is 5.84. The summed E-state index contributed by atoms with van der Waals surface area (Å²) in [5, 5.41) is 7.66. The van der Waals surface area contributed by atoms with E-state index in [0.29, 0.717) is 0 Å². The van der Waals surface area contributed by atoms with E-state index in [2.05, 4.69) is 51.6 Å². The van der Waals surface area contributed by atoms with Crippen molar-refractivity contribution in [3.8, 4) is 5.69 Å². The van der Waals surface area contributed by atoms with Crippen LogP contribution in [0.4, 0.5) is 5.69 Å². The van der Waals surface area contributed by atoms with E-state index >= 15 is 0 Å². The number of piperidine rings is 1. The van der Waals surface area contributed by atoms with Crippen molar-refractivity contribution in [2.45, 2.75) is 12.8 Å². The number of anilines is 1. The number of likely N-dealkylation sites (tertiary alicyclic amines) is 1. The van der Waals surface area contributed by atoms with Crippen molar-refractivity contribution >= 4 is 5.69 Å². The molecule has 0 amide bonds. The van der Waals surface area contributed by atoms with Crippen LogP contribution < -0.4 is 5.32 Å². The Morgan fingerprint density at radius 2 is 1.95 bits per heavy atom. The van der Waals surface area contributed by atoms with Crippen molar-refractivity contribution < 1.29 is 0 Å². The smallest absolute Gasteiger partial charge is 0.138 e. The van der Waals surface area contributed by atoms with E-state index in [1.165, 1.54) is 31.6 Å². The van der Waals surface area contributed by atoms with Gasteiger partial charge in [0, 0.05) is 12.2 Å². The number of hydrogen-bond donors (Lipinski definition) is 1. The lowest BCUT2D eigenvalue weighted by atomic mass is 9.97. The largest absolute Gasteiger partial charge is 0.385 e. The average molecular weight is 271 g/mol. The monoisotopic (exact) mass is 271 g/mol. The molecule has 5 nitrogen and oxygen atoms in total. The second-order valence-electron chi connectivity index (χ2n) is 5.51. The molecule has 1 fully saturated rings. The van der Waals surface area contributed by atoms with Gasteiger partial charge in [0.25, 0.3) is 0 Å². The Kier molecular flexibility index (Phi) is 3.97. The lowest BCUT2D eigenvalue weighted by Gasteiger charge is -2.29. The summed E-state index contributed by atoms with van der Waals surface area (Å²) in [5.74, 6) is 0.793. The van der Waals surface area contributed by atoms with Gasteiger partial charge in [-0.3, -0.25) is 0 Å². The van der Waals surface area contributed by atoms with Crippen molar-refractivity contribution in [1.29, 1.82) is 0 Å². The summed E-state index contributed by atoms with van der Waals surface area (Å²) in [5.41, 5.74) is 2.21. The molecule has 5 heteroatoms. The zero-order valence-corrected chi connectivity index (χ0v) is 11.9. The summed E-state index contributed by atoms with van der Waals surface area (Å²) < 4.78 is 1.76. The molecule has 0 atom stereocenters. The molecular weight excluding hydrogens is 250 g/mol. The van der Waals surface area contributed by atoms with Crippen LogP contribution in [-0.4, -0.2) is 46.3 Å². The molecule has 1 aliphatic rings. The van der Waals surface area contributed by atoms with Gasteiger partial charge in [-0.25, -0.2) is 9.67 Å². The van der Waals surface area contributed by atoms with E-state index in [1.807, 2.05) is 0 Å². The van der Waals surface area contributed by atoms with Gasteiger partial charge < -0.3 is 10.2 Å². The topological polar surface area (TPSA) is 46.0 Å². The van der Waals surface area contributed by atoms with E-state index in [4.69, 9.17) is 0 Å². The molecule has 2 aromatic rings. The predicted octanol–water partition coefficient (Wildman–Crippen LogP) is 2.02. The minimum Gasteiger partial charge on any atom is -0.385 e. The number of nitrogens with zero attached hydrogens (tertiary/aromatic N) is 4. The van der Waals surface area contributed by atoms with Gasteiger partial charge in [-0.2, -0.15) is 5.10 Å². The Hall–Kier alpha value is -1.88. The summed E-state index contributed by atoms with van der Waals surface area (Å²) >= 11 is 0. The predicted molar refractivity (Wildman–Crippen MR) is 80.1 cm³/mol. The molecule has 1 aromatic carbocycles. The molecule has 1 saturated heterocycles. The second kappa shape index (κ2) is 6.05. The molecule has 0 spiro atoms. The summed E-state index contributed by atoms with van der Waals surface area (Å²) in [6.45, 7) is 3.51. The van der Waals surface area contributed by atoms with Gasteiger partial charge >= 0.3 is 0 Å². The van der Waals surface area contributed by atoms with Crippen molar-refractivity contribution in [3.05, 3.63) is 36.9 Å². The average Bonchev–Trinajstić information content (AvgIpc) is 3.01. The Labute approximate surface area is 119 Å². The fourth-order valence-corrected chi connectivity index (χ4v) is 2.60. The lowest BCUT2D eigenvalue weighted by molar-refractivity contribution is 0.226. The quantitative estimate of drug-likeness (QED) is 0.924. The minimum atomic E-state index is 0.793. The molecule has 2 heterocycles. The molecule has 1 N–H and O–H groups in total. The van der Waals surface area contributed by atoms with Crippen molar-refractivity contribution in [2.75, 3.05) is 32.0 Å². The van der Waals surface area contributed by atoms with Crippen LogP contribution in [0.15, 0.2) is 36.9 Å². The normalized spacial score (nSPS) is 17.2. The standard InChI is InChI=1S/C15H21N5/c1-19-8-6-13(7-9-19)10-17-14-2-4-15(5-3-14)20-12-16-11-18-20/h2-5,11-13,17H,6-10H2,1H3. The molecule has 106 valence electrons. The zero-order chi connectivity index (χ0) is 13.8. The van der Waals surface area contributed by atoms with E-state index < -0.39 is 0 Å². The van der Waals surface area contributed by atoms with Crippen molar-refractivity contribution in [2.24, 2.45) is 5.92 Å². The fourth-order valence-electron chi connectivity index (χ4n) is 2.60. The highest BCUT2D eigenvalue weighted by Gasteiger charge is 2.15. The Balaban J connectivity index is 1.53. The maximum absolute atomic E-state index is 4.12. The van der Waals surface area contributed by atoms with Gasteiger partial charge in [0.1, 0.15) is 12.7 Å². The third-order valence-electron chi connectivity index (χ3n) is 3.98. The van der Waals surface area contributed by atoms with Gasteiger partial charge in [-0.05, 0) is 63.2 Å². The Morgan fingerprint density at radius 1 is 1.20 bits per heavy atom. The number of hydrogen-bond acceptors (Lipinski definition) is 4. The van der Waals surface area contributed by atoms with Crippen molar-refractivity contribution in [3.63, 3.8) is 0 Å². The van der Waals surface area contributed by atoms with E-state index in [0.717, 1.165) is 18.2 Å². The highest BCUT2D eigenvalue weighted by atomic mass is 15.3. The molecule has 0 saturated carbocycles. The summed E-state index contributed by atoms with van der Waals surface area (Å²) in [6, 6.07) is 8.33. The highest BCUT2D eigenvalue weighted by molar-refractivity contribution is 5.48. The van der Waals surface area contributed by atoms with E-state index in [1.54, 1.807) is 17.3 Å². The molecule has 3 rings (SSSR count). The van der Waals surface area contributed by atoms with Gasteiger partial charge in [0.05, 0.1) is 5.69 Å². The summed E-state index contributed by atoms with van der Waals surface area (Å²) in [4.78, 5) is 6.36. The minimum absolute atomic E-state index is 0.793. The van der Waals surface area contributed by atoms with Crippen LogP contribution in [0.2, 0.25) is 0 Å². The molecule has 0 unspecified atom stereocenters. The molecule has 0 bridgehead atoms. The third kappa shape index (κ3) is 3.17. The van der Waals surface area contributed by atoms with E-state index in [-0.39, 0.29) is 0 Å². The fraction of sp³-hybridized carbons (Fsp3) is 0.467. The molecule has 20 heavy (non-hydrogen) atoms. The maximum atomic E-state index is 4.12. The summed E-state index contributed by atoms with van der Waals surface area (Å²) in [7, 11) is 2.20. The van der Waals surface area contributed by atoms with Gasteiger partial charge in [-0.1, -0.05) is 0 Å². The Bertz CT molecular complexity index is 512. The first kappa shape index (κ1) is 13.1. The van der Waals surface area contributed by atoms with Crippen LogP contribution in [0.1, 0.15) is 12.8 Å².